The molecule has 2 N–H and O–H groups in total. The fourth-order valence-corrected chi connectivity index (χ4v) is 3.33. The molecule has 156 valence electrons. The molecule has 0 heterocycles. The Hall–Kier alpha value is -1.43. The van der Waals surface area contributed by atoms with Gasteiger partial charge < -0.3 is 15.4 Å². The number of ketones is 1. The molecule has 6 heteroatoms. The maximum absolute atomic E-state index is 12.0. The lowest BCUT2D eigenvalue weighted by molar-refractivity contribution is -0.127. The molecule has 6 nitrogen and oxygen atoms in total. The summed E-state index contributed by atoms with van der Waals surface area (Å²) in [5.41, 5.74) is 0. The largest absolute Gasteiger partial charge is 0.379 e. The van der Waals surface area contributed by atoms with Gasteiger partial charge in [-0.15, -0.1) is 0 Å². The van der Waals surface area contributed by atoms with Crippen LogP contribution in [0, 0.1) is 17.8 Å². The monoisotopic (exact) mass is 382 g/mol. The van der Waals surface area contributed by atoms with Gasteiger partial charge in [0.15, 0.2) is 0 Å². The van der Waals surface area contributed by atoms with E-state index in [2.05, 4.69) is 24.5 Å². The summed E-state index contributed by atoms with van der Waals surface area (Å²) < 4.78 is 5.42. The van der Waals surface area contributed by atoms with Crippen molar-refractivity contribution >= 4 is 17.6 Å². The number of carbonyl (C=O) groups is 3. The van der Waals surface area contributed by atoms with Crippen molar-refractivity contribution < 1.29 is 19.1 Å². The first-order valence-corrected chi connectivity index (χ1v) is 10.5. The van der Waals surface area contributed by atoms with Crippen LogP contribution in [0.5, 0.6) is 0 Å². The molecule has 27 heavy (non-hydrogen) atoms. The highest BCUT2D eigenvalue weighted by Gasteiger charge is 2.28. The Morgan fingerprint density at radius 3 is 2.19 bits per heavy atom. The quantitative estimate of drug-likeness (QED) is 0.508. The molecule has 0 aromatic carbocycles. The van der Waals surface area contributed by atoms with Crippen LogP contribution >= 0.6 is 0 Å². The average molecular weight is 383 g/mol. The number of nitrogens with one attached hydrogen (secondary N) is 2. The second kappa shape index (κ2) is 12.9. The zero-order chi connectivity index (χ0) is 20.2. The molecule has 0 bridgehead atoms. The third kappa shape index (κ3) is 10.5. The fraction of sp³-hybridized carbons (Fsp3) is 0.857. The maximum atomic E-state index is 12.0. The van der Waals surface area contributed by atoms with Gasteiger partial charge >= 0.3 is 0 Å². The first-order valence-electron chi connectivity index (χ1n) is 10.5. The van der Waals surface area contributed by atoms with E-state index >= 15 is 0 Å². The molecule has 1 fully saturated rings. The van der Waals surface area contributed by atoms with Crippen LogP contribution < -0.4 is 10.6 Å². The van der Waals surface area contributed by atoms with Crippen LogP contribution in [0.1, 0.15) is 72.6 Å². The number of hydrogen-bond donors (Lipinski definition) is 2. The Kier molecular flexibility index (Phi) is 11.3. The van der Waals surface area contributed by atoms with Crippen LogP contribution in [0.3, 0.4) is 0 Å². The van der Waals surface area contributed by atoms with Crippen molar-refractivity contribution in [1.82, 2.24) is 10.6 Å². The van der Waals surface area contributed by atoms with E-state index in [0.717, 1.165) is 32.1 Å². The van der Waals surface area contributed by atoms with E-state index in [0.29, 0.717) is 44.3 Å². The van der Waals surface area contributed by atoms with Gasteiger partial charge in [0.1, 0.15) is 5.78 Å². The van der Waals surface area contributed by atoms with Gasteiger partial charge in [-0.25, -0.2) is 0 Å². The molecule has 1 aliphatic rings. The summed E-state index contributed by atoms with van der Waals surface area (Å²) >= 11 is 0. The Morgan fingerprint density at radius 2 is 1.59 bits per heavy atom. The topological polar surface area (TPSA) is 84.5 Å². The molecule has 0 aliphatic heterocycles. The van der Waals surface area contributed by atoms with Gasteiger partial charge in [0, 0.05) is 37.3 Å². The van der Waals surface area contributed by atoms with E-state index in [-0.39, 0.29) is 29.7 Å². The molecular weight excluding hydrogens is 344 g/mol. The number of amides is 2. The average Bonchev–Trinajstić information content (AvgIpc) is 2.62. The SMILES string of the molecule is CC(C)CCC(=O)NCCOCCC(=O)NC1CCC(C(=O)C(C)C)CC1. The Labute approximate surface area is 164 Å². The van der Waals surface area contributed by atoms with Crippen molar-refractivity contribution in [3.8, 4) is 0 Å². The predicted molar refractivity (Wildman–Crippen MR) is 106 cm³/mol. The highest BCUT2D eigenvalue weighted by atomic mass is 16.5. The van der Waals surface area contributed by atoms with Crippen LogP contribution in [0.15, 0.2) is 0 Å². The molecule has 0 radical (unpaired) electrons. The highest BCUT2D eigenvalue weighted by Crippen LogP contribution is 2.27. The van der Waals surface area contributed by atoms with Crippen LogP contribution in [-0.2, 0) is 19.1 Å². The van der Waals surface area contributed by atoms with Gasteiger partial charge in [-0.3, -0.25) is 14.4 Å². The molecule has 1 aliphatic carbocycles. The third-order valence-corrected chi connectivity index (χ3v) is 5.05. The molecule has 0 unspecified atom stereocenters. The Balaban J connectivity index is 2.04. The molecule has 0 saturated heterocycles. The summed E-state index contributed by atoms with van der Waals surface area (Å²) in [7, 11) is 0. The van der Waals surface area contributed by atoms with E-state index in [1.807, 2.05) is 13.8 Å². The Bertz CT molecular complexity index is 469. The predicted octanol–water partition coefficient (Wildman–Crippen LogP) is 2.85. The number of rotatable bonds is 12. The molecule has 1 rings (SSSR count). The minimum atomic E-state index is -0.00500. The van der Waals surface area contributed by atoms with Gasteiger partial charge in [0.2, 0.25) is 11.8 Å². The van der Waals surface area contributed by atoms with Crippen molar-refractivity contribution in [2.45, 2.75) is 78.7 Å². The van der Waals surface area contributed by atoms with Crippen LogP contribution in [0.2, 0.25) is 0 Å². The lowest BCUT2D eigenvalue weighted by Crippen LogP contribution is -2.39. The minimum absolute atomic E-state index is 0.00500. The zero-order valence-electron chi connectivity index (χ0n) is 17.5. The lowest BCUT2D eigenvalue weighted by atomic mass is 9.80. The standard InChI is InChI=1S/C21H38N2O4/c1-15(2)5-10-19(24)22-12-14-27-13-11-20(25)23-18-8-6-17(7-9-18)21(26)16(3)4/h15-18H,5-14H2,1-4H3,(H,22,24)(H,23,25). The summed E-state index contributed by atoms with van der Waals surface area (Å²) in [6, 6.07) is 0.175. The molecular formula is C21H38N2O4. The first-order chi connectivity index (χ1) is 12.8. The number of hydrogen-bond acceptors (Lipinski definition) is 4. The third-order valence-electron chi connectivity index (χ3n) is 5.05. The molecule has 1 saturated carbocycles. The van der Waals surface area contributed by atoms with Crippen molar-refractivity contribution in [3.63, 3.8) is 0 Å². The minimum Gasteiger partial charge on any atom is -0.379 e. The van der Waals surface area contributed by atoms with Crippen LogP contribution in [-0.4, -0.2) is 43.4 Å². The maximum Gasteiger partial charge on any atom is 0.222 e. The van der Waals surface area contributed by atoms with Crippen molar-refractivity contribution in [3.05, 3.63) is 0 Å². The van der Waals surface area contributed by atoms with E-state index in [1.165, 1.54) is 0 Å². The Morgan fingerprint density at radius 1 is 0.926 bits per heavy atom. The molecule has 0 aromatic heterocycles. The summed E-state index contributed by atoms with van der Waals surface area (Å²) in [5, 5.41) is 5.86. The highest BCUT2D eigenvalue weighted by molar-refractivity contribution is 5.83. The molecule has 2 amide bonds. The van der Waals surface area contributed by atoms with Crippen LogP contribution in [0.25, 0.3) is 0 Å². The van der Waals surface area contributed by atoms with Crippen molar-refractivity contribution in [1.29, 1.82) is 0 Å². The van der Waals surface area contributed by atoms with Gasteiger partial charge in [0.25, 0.3) is 0 Å². The molecule has 0 aromatic rings. The summed E-state index contributed by atoms with van der Waals surface area (Å²) in [6.45, 7) is 9.35. The second-order valence-corrected chi connectivity index (χ2v) is 8.32. The fourth-order valence-electron chi connectivity index (χ4n) is 3.33. The van der Waals surface area contributed by atoms with Gasteiger partial charge in [-0.05, 0) is 38.0 Å². The van der Waals surface area contributed by atoms with Crippen molar-refractivity contribution in [2.24, 2.45) is 17.8 Å². The lowest BCUT2D eigenvalue weighted by Gasteiger charge is -2.29. The summed E-state index contributed by atoms with van der Waals surface area (Å²) in [4.78, 5) is 35.6. The molecule has 0 atom stereocenters. The number of carbonyl (C=O) groups excluding carboxylic acids is 3. The van der Waals surface area contributed by atoms with Crippen molar-refractivity contribution in [2.75, 3.05) is 19.8 Å². The zero-order valence-corrected chi connectivity index (χ0v) is 17.5. The second-order valence-electron chi connectivity index (χ2n) is 8.32. The molecule has 0 spiro atoms. The van der Waals surface area contributed by atoms with Gasteiger partial charge in [0.05, 0.1) is 13.2 Å². The number of Topliss-reactive ketones (excluding diaryl/α,β-unsaturated/α-hetero) is 1. The summed E-state index contributed by atoms with van der Waals surface area (Å²) in [5.74, 6) is 1.18. The van der Waals surface area contributed by atoms with Crippen LogP contribution in [0.4, 0.5) is 0 Å². The smallest absolute Gasteiger partial charge is 0.222 e. The first kappa shape index (κ1) is 23.6. The van der Waals surface area contributed by atoms with E-state index in [4.69, 9.17) is 4.74 Å². The van der Waals surface area contributed by atoms with Gasteiger partial charge in [-0.1, -0.05) is 27.7 Å². The van der Waals surface area contributed by atoms with E-state index < -0.39 is 0 Å². The van der Waals surface area contributed by atoms with E-state index in [9.17, 15) is 14.4 Å². The normalized spacial score (nSPS) is 19.9. The summed E-state index contributed by atoms with van der Waals surface area (Å²) in [6.07, 6.45) is 5.25. The van der Waals surface area contributed by atoms with E-state index in [1.54, 1.807) is 0 Å². The van der Waals surface area contributed by atoms with Gasteiger partial charge in [-0.2, -0.15) is 0 Å². The number of ether oxygens (including phenoxy) is 1.